The molecule has 0 aromatic carbocycles. The van der Waals surface area contributed by atoms with Crippen molar-refractivity contribution in [3.63, 3.8) is 0 Å². The number of ether oxygens (including phenoxy) is 2. The van der Waals surface area contributed by atoms with Gasteiger partial charge in [-0.1, -0.05) is 12.8 Å². The predicted molar refractivity (Wildman–Crippen MR) is 91.3 cm³/mol. The Balaban J connectivity index is 1.74. The van der Waals surface area contributed by atoms with E-state index in [1.54, 1.807) is 14.2 Å². The van der Waals surface area contributed by atoms with Crippen molar-refractivity contribution in [3.05, 3.63) is 22.9 Å². The zero-order valence-electron chi connectivity index (χ0n) is 14.8. The van der Waals surface area contributed by atoms with Crippen LogP contribution in [-0.2, 0) is 22.6 Å². The van der Waals surface area contributed by atoms with E-state index >= 15 is 0 Å². The van der Waals surface area contributed by atoms with Gasteiger partial charge in [0.1, 0.15) is 0 Å². The molecule has 1 aromatic rings. The summed E-state index contributed by atoms with van der Waals surface area (Å²) >= 11 is 0. The molecule has 1 fully saturated rings. The molecule has 7 nitrogen and oxygen atoms in total. The normalized spacial score (nSPS) is 17.0. The molecule has 1 aliphatic heterocycles. The predicted octanol–water partition coefficient (Wildman–Crippen LogP) is 1.64. The van der Waals surface area contributed by atoms with Gasteiger partial charge < -0.3 is 19.7 Å². The van der Waals surface area contributed by atoms with Crippen molar-refractivity contribution >= 4 is 11.8 Å². The smallest absolute Gasteiger partial charge is 0.256 e. The Morgan fingerprint density at radius 1 is 1.36 bits per heavy atom. The van der Waals surface area contributed by atoms with Crippen molar-refractivity contribution in [2.75, 3.05) is 20.8 Å². The number of rotatable bonds is 7. The largest absolute Gasteiger partial charge is 0.481 e. The molecule has 0 bridgehead atoms. The Hall–Kier alpha value is -2.15. The summed E-state index contributed by atoms with van der Waals surface area (Å²) < 4.78 is 10.3. The van der Waals surface area contributed by atoms with E-state index in [1.807, 2.05) is 11.0 Å². The number of pyridine rings is 1. The van der Waals surface area contributed by atoms with Crippen LogP contribution in [0.5, 0.6) is 5.88 Å². The lowest BCUT2D eigenvalue weighted by atomic mass is 10.1. The molecule has 0 radical (unpaired) electrons. The van der Waals surface area contributed by atoms with Gasteiger partial charge in [-0.15, -0.1) is 0 Å². The minimum atomic E-state index is -0.108. The third kappa shape index (κ3) is 3.76. The molecule has 25 heavy (non-hydrogen) atoms. The lowest BCUT2D eigenvalue weighted by molar-refractivity contribution is -0.122. The highest BCUT2D eigenvalue weighted by Gasteiger charge is 2.35. The summed E-state index contributed by atoms with van der Waals surface area (Å²) in [6.45, 7) is 1.21. The van der Waals surface area contributed by atoms with E-state index in [1.165, 1.54) is 12.8 Å². The van der Waals surface area contributed by atoms with Crippen LogP contribution in [0.15, 0.2) is 6.07 Å². The molecule has 7 heteroatoms. The average molecular weight is 347 g/mol. The number of nitrogens with zero attached hydrogens (tertiary/aromatic N) is 2. The second kappa shape index (κ2) is 7.82. The van der Waals surface area contributed by atoms with Crippen LogP contribution in [0.1, 0.15) is 53.7 Å². The van der Waals surface area contributed by atoms with Gasteiger partial charge in [-0.2, -0.15) is 0 Å². The first-order chi connectivity index (χ1) is 12.1. The Kier molecular flexibility index (Phi) is 5.53. The van der Waals surface area contributed by atoms with Crippen LogP contribution >= 0.6 is 0 Å². The molecule has 1 N–H and O–H groups in total. The zero-order valence-corrected chi connectivity index (χ0v) is 14.8. The van der Waals surface area contributed by atoms with Gasteiger partial charge in [0, 0.05) is 31.7 Å². The average Bonchev–Trinajstić information content (AvgIpc) is 3.25. The lowest BCUT2D eigenvalue weighted by Gasteiger charge is -2.22. The topological polar surface area (TPSA) is 80.8 Å². The maximum atomic E-state index is 12.8. The van der Waals surface area contributed by atoms with Crippen LogP contribution in [-0.4, -0.2) is 48.6 Å². The number of carbonyl (C=O) groups excluding carboxylic acids is 2. The summed E-state index contributed by atoms with van der Waals surface area (Å²) in [4.78, 5) is 31.0. The summed E-state index contributed by atoms with van der Waals surface area (Å²) in [5, 5.41) is 2.82. The van der Waals surface area contributed by atoms with E-state index in [9.17, 15) is 9.59 Å². The Bertz CT molecular complexity index is 656. The standard InChI is InChI=1S/C18H25N3O4/c1-24-8-7-16(22)19-10-12-9-14-15(20-17(12)25-2)11-21(18(14)23)13-5-3-4-6-13/h9,13H,3-8,10-11H2,1-2H3,(H,19,22). The molecular formula is C18H25N3O4. The molecule has 3 rings (SSSR count). The van der Waals surface area contributed by atoms with Crippen LogP contribution in [0.4, 0.5) is 0 Å². The molecule has 1 saturated carbocycles. The van der Waals surface area contributed by atoms with E-state index in [-0.39, 0.29) is 18.4 Å². The van der Waals surface area contributed by atoms with Gasteiger partial charge in [0.05, 0.1) is 31.5 Å². The van der Waals surface area contributed by atoms with Gasteiger partial charge in [0.2, 0.25) is 11.8 Å². The van der Waals surface area contributed by atoms with Crippen molar-refractivity contribution in [2.45, 2.75) is 51.2 Å². The molecule has 1 aromatic heterocycles. The second-order valence-corrected chi connectivity index (χ2v) is 6.54. The Labute approximate surface area is 147 Å². The van der Waals surface area contributed by atoms with E-state index in [0.717, 1.165) is 18.5 Å². The lowest BCUT2D eigenvalue weighted by Crippen LogP contribution is -2.33. The Morgan fingerprint density at radius 3 is 2.80 bits per heavy atom. The third-order valence-corrected chi connectivity index (χ3v) is 4.92. The van der Waals surface area contributed by atoms with E-state index in [4.69, 9.17) is 9.47 Å². The first kappa shape index (κ1) is 17.7. The van der Waals surface area contributed by atoms with E-state index < -0.39 is 0 Å². The summed E-state index contributed by atoms with van der Waals surface area (Å²) in [6.07, 6.45) is 4.80. The summed E-state index contributed by atoms with van der Waals surface area (Å²) in [5.74, 6) is 0.402. The SMILES string of the molecule is COCCC(=O)NCc1cc2c(nc1OC)CN(C1CCCC1)C2=O. The fraction of sp³-hybridized carbons (Fsp3) is 0.611. The summed E-state index contributed by atoms with van der Waals surface area (Å²) in [6, 6.07) is 2.14. The van der Waals surface area contributed by atoms with E-state index in [0.29, 0.717) is 42.6 Å². The fourth-order valence-electron chi connectivity index (χ4n) is 3.56. The minimum Gasteiger partial charge on any atom is -0.481 e. The van der Waals surface area contributed by atoms with Crippen molar-refractivity contribution in [1.29, 1.82) is 0 Å². The molecule has 1 aliphatic carbocycles. The van der Waals surface area contributed by atoms with Crippen molar-refractivity contribution in [3.8, 4) is 5.88 Å². The summed E-state index contributed by atoms with van der Waals surface area (Å²) in [5.41, 5.74) is 2.12. The van der Waals surface area contributed by atoms with Gasteiger partial charge >= 0.3 is 0 Å². The zero-order chi connectivity index (χ0) is 17.8. The number of methoxy groups -OCH3 is 2. The molecule has 2 aliphatic rings. The van der Waals surface area contributed by atoms with Gasteiger partial charge in [-0.3, -0.25) is 9.59 Å². The molecule has 0 saturated heterocycles. The third-order valence-electron chi connectivity index (χ3n) is 4.92. The summed E-state index contributed by atoms with van der Waals surface area (Å²) in [7, 11) is 3.11. The number of hydrogen-bond acceptors (Lipinski definition) is 5. The number of hydrogen-bond donors (Lipinski definition) is 1. The van der Waals surface area contributed by atoms with Gasteiger partial charge in [-0.05, 0) is 18.9 Å². The van der Waals surface area contributed by atoms with Crippen LogP contribution in [0.25, 0.3) is 0 Å². The van der Waals surface area contributed by atoms with Gasteiger partial charge in [0.15, 0.2) is 0 Å². The second-order valence-electron chi connectivity index (χ2n) is 6.54. The van der Waals surface area contributed by atoms with Crippen LogP contribution in [0.3, 0.4) is 0 Å². The first-order valence-electron chi connectivity index (χ1n) is 8.77. The number of fused-ring (bicyclic) bond motifs is 1. The molecule has 0 spiro atoms. The van der Waals surface area contributed by atoms with Crippen LogP contribution in [0.2, 0.25) is 0 Å². The van der Waals surface area contributed by atoms with Gasteiger partial charge in [-0.25, -0.2) is 4.98 Å². The highest BCUT2D eigenvalue weighted by Crippen LogP contribution is 2.33. The fourth-order valence-corrected chi connectivity index (χ4v) is 3.56. The van der Waals surface area contributed by atoms with Crippen molar-refractivity contribution in [2.24, 2.45) is 0 Å². The minimum absolute atomic E-state index is 0.0454. The van der Waals surface area contributed by atoms with Crippen LogP contribution in [0, 0.1) is 0 Å². The van der Waals surface area contributed by atoms with Crippen molar-refractivity contribution in [1.82, 2.24) is 15.2 Å². The first-order valence-corrected chi connectivity index (χ1v) is 8.77. The highest BCUT2D eigenvalue weighted by molar-refractivity contribution is 5.98. The maximum absolute atomic E-state index is 12.8. The number of amides is 2. The molecular weight excluding hydrogens is 322 g/mol. The molecule has 0 atom stereocenters. The quantitative estimate of drug-likeness (QED) is 0.811. The molecule has 0 unspecified atom stereocenters. The van der Waals surface area contributed by atoms with Crippen LogP contribution < -0.4 is 10.1 Å². The van der Waals surface area contributed by atoms with Gasteiger partial charge in [0.25, 0.3) is 5.91 Å². The molecule has 136 valence electrons. The maximum Gasteiger partial charge on any atom is 0.256 e. The number of nitrogens with one attached hydrogen (secondary N) is 1. The monoisotopic (exact) mass is 347 g/mol. The Morgan fingerprint density at radius 2 is 2.12 bits per heavy atom. The number of carbonyl (C=O) groups is 2. The van der Waals surface area contributed by atoms with E-state index in [2.05, 4.69) is 10.3 Å². The molecule has 2 heterocycles. The molecule has 2 amide bonds. The van der Waals surface area contributed by atoms with Crippen molar-refractivity contribution < 1.29 is 19.1 Å². The highest BCUT2D eigenvalue weighted by atomic mass is 16.5. The number of aromatic nitrogens is 1.